The van der Waals surface area contributed by atoms with Crippen molar-refractivity contribution in [1.29, 1.82) is 0 Å². The zero-order valence-corrected chi connectivity index (χ0v) is 9.65. The van der Waals surface area contributed by atoms with Crippen molar-refractivity contribution in [2.75, 3.05) is 0 Å². The third-order valence-corrected chi connectivity index (χ3v) is 2.30. The summed E-state index contributed by atoms with van der Waals surface area (Å²) in [5.41, 5.74) is 0.322. The van der Waals surface area contributed by atoms with Crippen molar-refractivity contribution in [3.05, 3.63) is 58.6 Å². The molecule has 0 aliphatic rings. The molecule has 0 heterocycles. The monoisotopic (exact) mass is 256 g/mol. The summed E-state index contributed by atoms with van der Waals surface area (Å²) in [5, 5.41) is 10.8. The Morgan fingerprint density at radius 3 is 2.42 bits per heavy atom. The van der Waals surface area contributed by atoms with Crippen LogP contribution in [0.5, 0.6) is 11.5 Å². The number of nitro benzene ring substituents is 1. The van der Waals surface area contributed by atoms with E-state index in [1.54, 1.807) is 36.4 Å². The maximum Gasteiger partial charge on any atom is 0.311 e. The molecule has 0 amide bonds. The molecular formula is C13H8N2O4. The van der Waals surface area contributed by atoms with Gasteiger partial charge in [-0.2, -0.15) is 4.99 Å². The van der Waals surface area contributed by atoms with Crippen LogP contribution in [0.15, 0.2) is 53.5 Å². The molecule has 0 saturated carbocycles. The van der Waals surface area contributed by atoms with Gasteiger partial charge in [-0.1, -0.05) is 12.1 Å². The highest BCUT2D eigenvalue weighted by Crippen LogP contribution is 2.31. The van der Waals surface area contributed by atoms with Gasteiger partial charge < -0.3 is 4.74 Å². The van der Waals surface area contributed by atoms with Gasteiger partial charge in [0.05, 0.1) is 10.6 Å². The van der Waals surface area contributed by atoms with E-state index in [0.717, 1.165) is 0 Å². The second kappa shape index (κ2) is 5.57. The highest BCUT2D eigenvalue weighted by atomic mass is 16.6. The van der Waals surface area contributed by atoms with Crippen molar-refractivity contribution < 1.29 is 14.5 Å². The second-order valence-electron chi connectivity index (χ2n) is 3.52. The Balaban J connectivity index is 2.26. The number of hydrogen-bond donors (Lipinski definition) is 0. The molecule has 0 fully saturated rings. The van der Waals surface area contributed by atoms with Gasteiger partial charge in [0.1, 0.15) is 5.75 Å². The summed E-state index contributed by atoms with van der Waals surface area (Å²) >= 11 is 0. The van der Waals surface area contributed by atoms with Crippen molar-refractivity contribution in [3.8, 4) is 11.5 Å². The van der Waals surface area contributed by atoms with Gasteiger partial charge in [-0.25, -0.2) is 4.79 Å². The first-order valence-corrected chi connectivity index (χ1v) is 5.30. The highest BCUT2D eigenvalue weighted by Gasteiger charge is 2.14. The number of nitrogens with zero attached hydrogens (tertiary/aromatic N) is 2. The molecule has 0 radical (unpaired) electrons. The van der Waals surface area contributed by atoms with Crippen LogP contribution in [0.4, 0.5) is 11.4 Å². The summed E-state index contributed by atoms with van der Waals surface area (Å²) in [6.07, 6.45) is 1.42. The Morgan fingerprint density at radius 1 is 1.11 bits per heavy atom. The zero-order valence-electron chi connectivity index (χ0n) is 9.65. The quantitative estimate of drug-likeness (QED) is 0.363. The lowest BCUT2D eigenvalue weighted by molar-refractivity contribution is -0.385. The lowest BCUT2D eigenvalue weighted by atomic mass is 10.3. The van der Waals surface area contributed by atoms with E-state index >= 15 is 0 Å². The molecule has 0 aliphatic heterocycles. The molecule has 0 N–H and O–H groups in total. The molecule has 2 rings (SSSR count). The molecular weight excluding hydrogens is 248 g/mol. The fraction of sp³-hybridized carbons (Fsp3) is 0. The summed E-state index contributed by atoms with van der Waals surface area (Å²) < 4.78 is 5.42. The van der Waals surface area contributed by atoms with Gasteiger partial charge in [0.2, 0.25) is 11.8 Å². The third-order valence-electron chi connectivity index (χ3n) is 2.30. The predicted octanol–water partition coefficient (Wildman–Crippen LogP) is 3.35. The van der Waals surface area contributed by atoms with E-state index in [0.29, 0.717) is 11.4 Å². The van der Waals surface area contributed by atoms with Crippen LogP contribution in [0.1, 0.15) is 0 Å². The van der Waals surface area contributed by atoms with Crippen molar-refractivity contribution in [2.45, 2.75) is 0 Å². The van der Waals surface area contributed by atoms with E-state index in [1.165, 1.54) is 18.2 Å². The van der Waals surface area contributed by atoms with Crippen molar-refractivity contribution in [1.82, 2.24) is 0 Å². The number of rotatable bonds is 4. The number of hydrogen-bond acceptors (Lipinski definition) is 5. The van der Waals surface area contributed by atoms with Gasteiger partial charge in [-0.3, -0.25) is 10.1 Å². The smallest absolute Gasteiger partial charge is 0.311 e. The summed E-state index contributed by atoms with van der Waals surface area (Å²) in [4.78, 5) is 23.8. The van der Waals surface area contributed by atoms with E-state index in [1.807, 2.05) is 0 Å². The van der Waals surface area contributed by atoms with E-state index in [4.69, 9.17) is 4.74 Å². The second-order valence-corrected chi connectivity index (χ2v) is 3.52. The van der Waals surface area contributed by atoms with Crippen LogP contribution in [0.25, 0.3) is 0 Å². The molecule has 2 aromatic rings. The molecule has 94 valence electrons. The molecule has 6 nitrogen and oxygen atoms in total. The maximum atomic E-state index is 10.8. The lowest BCUT2D eigenvalue weighted by Crippen LogP contribution is -1.92. The SMILES string of the molecule is O=C=Nc1ccc(Oc2ccccc2[N+](=O)[O-])cc1. The summed E-state index contributed by atoms with van der Waals surface area (Å²) in [6, 6.07) is 12.3. The third kappa shape index (κ3) is 3.02. The largest absolute Gasteiger partial charge is 0.450 e. The molecule has 0 bridgehead atoms. The first kappa shape index (κ1) is 12.5. The Hall–Kier alpha value is -2.98. The topological polar surface area (TPSA) is 81.8 Å². The van der Waals surface area contributed by atoms with E-state index in [9.17, 15) is 14.9 Å². The molecule has 2 aromatic carbocycles. The van der Waals surface area contributed by atoms with Crippen LogP contribution in [0.3, 0.4) is 0 Å². The van der Waals surface area contributed by atoms with Gasteiger partial charge in [0, 0.05) is 6.07 Å². The zero-order chi connectivity index (χ0) is 13.7. The fourth-order valence-corrected chi connectivity index (χ4v) is 1.46. The van der Waals surface area contributed by atoms with Crippen molar-refractivity contribution in [2.24, 2.45) is 4.99 Å². The molecule has 0 aromatic heterocycles. The number of nitro groups is 1. The molecule has 0 saturated heterocycles. The van der Waals surface area contributed by atoms with Crippen molar-refractivity contribution in [3.63, 3.8) is 0 Å². The number of carbonyl (C=O) groups excluding carboxylic acids is 1. The standard InChI is InChI=1S/C13H8N2O4/c16-9-14-10-5-7-11(8-6-10)19-13-4-2-1-3-12(13)15(17)18/h1-8H. The summed E-state index contributed by atoms with van der Waals surface area (Å²) in [6.45, 7) is 0. The minimum atomic E-state index is -0.514. The van der Waals surface area contributed by atoms with Crippen LogP contribution >= 0.6 is 0 Å². The lowest BCUT2D eigenvalue weighted by Gasteiger charge is -2.05. The first-order chi connectivity index (χ1) is 9.20. The fourth-order valence-electron chi connectivity index (χ4n) is 1.46. The Labute approximate surface area is 108 Å². The minimum Gasteiger partial charge on any atom is -0.450 e. The Kier molecular flexibility index (Phi) is 3.66. The van der Waals surface area contributed by atoms with E-state index in [2.05, 4.69) is 4.99 Å². The van der Waals surface area contributed by atoms with Gasteiger partial charge >= 0.3 is 5.69 Å². The molecule has 6 heteroatoms. The molecule has 0 atom stereocenters. The first-order valence-electron chi connectivity index (χ1n) is 5.30. The predicted molar refractivity (Wildman–Crippen MR) is 67.4 cm³/mol. The highest BCUT2D eigenvalue weighted by molar-refractivity contribution is 5.52. The number of aliphatic imine (C=N–C) groups is 1. The van der Waals surface area contributed by atoms with Gasteiger partial charge in [-0.05, 0) is 30.3 Å². The van der Waals surface area contributed by atoms with Crippen LogP contribution in [-0.4, -0.2) is 11.0 Å². The number of isocyanates is 1. The molecule has 0 aliphatic carbocycles. The Morgan fingerprint density at radius 2 is 1.79 bits per heavy atom. The average Bonchev–Trinajstić information content (AvgIpc) is 2.42. The molecule has 0 unspecified atom stereocenters. The van der Waals surface area contributed by atoms with E-state index in [-0.39, 0.29) is 11.4 Å². The Bertz CT molecular complexity index is 646. The van der Waals surface area contributed by atoms with Crippen LogP contribution in [-0.2, 0) is 4.79 Å². The molecule has 0 spiro atoms. The average molecular weight is 256 g/mol. The normalized spacial score (nSPS) is 9.47. The van der Waals surface area contributed by atoms with E-state index < -0.39 is 4.92 Å². The maximum absolute atomic E-state index is 10.8. The van der Waals surface area contributed by atoms with Gasteiger partial charge in [0.25, 0.3) is 0 Å². The minimum absolute atomic E-state index is 0.113. The van der Waals surface area contributed by atoms with Crippen molar-refractivity contribution >= 4 is 17.5 Å². The summed E-state index contributed by atoms with van der Waals surface area (Å²) in [7, 11) is 0. The van der Waals surface area contributed by atoms with Gasteiger partial charge in [0.15, 0.2) is 0 Å². The van der Waals surface area contributed by atoms with Crippen LogP contribution in [0, 0.1) is 10.1 Å². The van der Waals surface area contributed by atoms with Crippen LogP contribution in [0.2, 0.25) is 0 Å². The van der Waals surface area contributed by atoms with Crippen LogP contribution < -0.4 is 4.74 Å². The number of benzene rings is 2. The number of para-hydroxylation sites is 2. The molecule has 19 heavy (non-hydrogen) atoms. The number of ether oxygens (including phenoxy) is 1. The van der Waals surface area contributed by atoms with Gasteiger partial charge in [-0.15, -0.1) is 0 Å². The summed E-state index contributed by atoms with van der Waals surface area (Å²) in [5.74, 6) is 0.568.